The van der Waals surface area contributed by atoms with Crippen LogP contribution in [0.2, 0.25) is 5.02 Å². The van der Waals surface area contributed by atoms with Crippen molar-refractivity contribution in [3.63, 3.8) is 0 Å². The molecule has 8 heteroatoms. The van der Waals surface area contributed by atoms with Gasteiger partial charge < -0.3 is 10.6 Å². The van der Waals surface area contributed by atoms with Gasteiger partial charge in [0.25, 0.3) is 0 Å². The molecule has 0 unspecified atom stereocenters. The number of nitrogens with one attached hydrogen (secondary N) is 2. The number of anilines is 2. The van der Waals surface area contributed by atoms with Crippen LogP contribution in [0.4, 0.5) is 11.5 Å². The molecule has 0 atom stereocenters. The number of benzene rings is 1. The maximum absolute atomic E-state index is 12.1. The predicted octanol–water partition coefficient (Wildman–Crippen LogP) is 3.52. The number of nitrogens with zero attached hydrogens (tertiary/aromatic N) is 2. The molecular weight excluding hydrogens is 360 g/mol. The van der Waals surface area contributed by atoms with Crippen LogP contribution < -0.4 is 10.6 Å². The second-order valence-electron chi connectivity index (χ2n) is 5.77. The third-order valence-corrected chi connectivity index (χ3v) is 5.06. The monoisotopic (exact) mass is 376 g/mol. The van der Waals surface area contributed by atoms with Crippen LogP contribution in [-0.4, -0.2) is 27.8 Å². The summed E-state index contributed by atoms with van der Waals surface area (Å²) < 4.78 is 0. The Labute approximate surface area is 154 Å². The third-order valence-electron chi connectivity index (χ3n) is 3.73. The molecule has 1 saturated carbocycles. The van der Waals surface area contributed by atoms with Crippen molar-refractivity contribution in [3.8, 4) is 0 Å². The molecule has 0 bridgehead atoms. The summed E-state index contributed by atoms with van der Waals surface area (Å²) in [6.07, 6.45) is 1.88. The van der Waals surface area contributed by atoms with Gasteiger partial charge in [0, 0.05) is 16.6 Å². The standard InChI is InChI=1S/C17H17ClN4O2S/c1-10-12(18)3-2-4-13(10)19-15(23)9-25-16-8-7-14(21-22-16)20-17(24)11-5-6-11/h2-4,7-8,11H,5-6,9H2,1H3,(H,19,23)(H,20,21,24). The number of carbonyl (C=O) groups excluding carboxylic acids is 2. The number of hydrogen-bond donors (Lipinski definition) is 2. The van der Waals surface area contributed by atoms with Crippen LogP contribution >= 0.6 is 23.4 Å². The number of halogens is 1. The first-order chi connectivity index (χ1) is 12.0. The summed E-state index contributed by atoms with van der Waals surface area (Å²) in [5.74, 6) is 0.595. The average molecular weight is 377 g/mol. The van der Waals surface area contributed by atoms with Crippen LogP contribution in [0.1, 0.15) is 18.4 Å². The number of carbonyl (C=O) groups is 2. The molecule has 6 nitrogen and oxygen atoms in total. The zero-order valence-electron chi connectivity index (χ0n) is 13.6. The lowest BCUT2D eigenvalue weighted by Crippen LogP contribution is -2.15. The molecular formula is C17H17ClN4O2S. The summed E-state index contributed by atoms with van der Waals surface area (Å²) in [6.45, 7) is 1.85. The van der Waals surface area contributed by atoms with Gasteiger partial charge in [-0.25, -0.2) is 0 Å². The highest BCUT2D eigenvalue weighted by Gasteiger charge is 2.29. The lowest BCUT2D eigenvalue weighted by Gasteiger charge is -2.09. The van der Waals surface area contributed by atoms with E-state index in [1.165, 1.54) is 11.8 Å². The molecule has 1 heterocycles. The molecule has 2 amide bonds. The van der Waals surface area contributed by atoms with Gasteiger partial charge in [0.05, 0.1) is 5.75 Å². The second-order valence-corrected chi connectivity index (χ2v) is 7.17. The van der Waals surface area contributed by atoms with E-state index < -0.39 is 0 Å². The lowest BCUT2D eigenvalue weighted by atomic mass is 10.2. The van der Waals surface area contributed by atoms with Crippen LogP contribution in [-0.2, 0) is 9.59 Å². The van der Waals surface area contributed by atoms with Gasteiger partial charge in [-0.2, -0.15) is 0 Å². The molecule has 0 radical (unpaired) electrons. The van der Waals surface area contributed by atoms with Gasteiger partial charge in [-0.3, -0.25) is 9.59 Å². The predicted molar refractivity (Wildman–Crippen MR) is 98.9 cm³/mol. The summed E-state index contributed by atoms with van der Waals surface area (Å²) in [5, 5.41) is 14.8. The Morgan fingerprint density at radius 2 is 2.00 bits per heavy atom. The Kier molecular flexibility index (Phi) is 5.55. The SMILES string of the molecule is Cc1c(Cl)cccc1NC(=O)CSc1ccc(NC(=O)C2CC2)nn1. The smallest absolute Gasteiger partial charge is 0.234 e. The summed E-state index contributed by atoms with van der Waals surface area (Å²) in [7, 11) is 0. The Morgan fingerprint density at radius 1 is 1.20 bits per heavy atom. The molecule has 2 N–H and O–H groups in total. The molecule has 130 valence electrons. The third kappa shape index (κ3) is 4.93. The highest BCUT2D eigenvalue weighted by molar-refractivity contribution is 7.99. The molecule has 0 aliphatic heterocycles. The Hall–Kier alpha value is -2.12. The van der Waals surface area contributed by atoms with E-state index in [1.807, 2.05) is 6.92 Å². The molecule has 1 aliphatic carbocycles. The van der Waals surface area contributed by atoms with E-state index >= 15 is 0 Å². The normalized spacial score (nSPS) is 13.4. The van der Waals surface area contributed by atoms with Gasteiger partial charge in [0.1, 0.15) is 5.03 Å². The van der Waals surface area contributed by atoms with Gasteiger partial charge in [0.15, 0.2) is 5.82 Å². The lowest BCUT2D eigenvalue weighted by molar-refractivity contribution is -0.117. The van der Waals surface area contributed by atoms with Crippen molar-refractivity contribution in [1.82, 2.24) is 10.2 Å². The minimum Gasteiger partial charge on any atom is -0.325 e. The quantitative estimate of drug-likeness (QED) is 0.753. The number of hydrogen-bond acceptors (Lipinski definition) is 5. The van der Waals surface area contributed by atoms with Crippen LogP contribution in [0.5, 0.6) is 0 Å². The van der Waals surface area contributed by atoms with Gasteiger partial charge in [0.2, 0.25) is 11.8 Å². The van der Waals surface area contributed by atoms with Gasteiger partial charge >= 0.3 is 0 Å². The maximum Gasteiger partial charge on any atom is 0.234 e. The molecule has 1 aromatic carbocycles. The van der Waals surface area contributed by atoms with E-state index in [2.05, 4.69) is 20.8 Å². The van der Waals surface area contributed by atoms with Crippen molar-refractivity contribution in [1.29, 1.82) is 0 Å². The average Bonchev–Trinajstić information content (AvgIpc) is 3.43. The van der Waals surface area contributed by atoms with Crippen molar-refractivity contribution in [3.05, 3.63) is 40.9 Å². The van der Waals surface area contributed by atoms with E-state index in [0.717, 1.165) is 18.4 Å². The van der Waals surface area contributed by atoms with Crippen LogP contribution in [0.15, 0.2) is 35.4 Å². The topological polar surface area (TPSA) is 84.0 Å². The summed E-state index contributed by atoms with van der Waals surface area (Å²) in [6, 6.07) is 8.80. The minimum absolute atomic E-state index is 0.00836. The van der Waals surface area contributed by atoms with Gasteiger partial charge in [-0.05, 0) is 49.6 Å². The Morgan fingerprint density at radius 3 is 2.68 bits per heavy atom. The first-order valence-corrected chi connectivity index (χ1v) is 9.21. The highest BCUT2D eigenvalue weighted by Crippen LogP contribution is 2.30. The van der Waals surface area contributed by atoms with E-state index in [1.54, 1.807) is 30.3 Å². The summed E-state index contributed by atoms with van der Waals surface area (Å²) in [4.78, 5) is 23.7. The zero-order chi connectivity index (χ0) is 17.8. The number of thioether (sulfide) groups is 1. The number of amides is 2. The van der Waals surface area contributed by atoms with Crippen LogP contribution in [0, 0.1) is 12.8 Å². The fraction of sp³-hybridized carbons (Fsp3) is 0.294. The largest absolute Gasteiger partial charge is 0.325 e. The highest BCUT2D eigenvalue weighted by atomic mass is 35.5. The number of aromatic nitrogens is 2. The molecule has 25 heavy (non-hydrogen) atoms. The van der Waals surface area contributed by atoms with E-state index in [4.69, 9.17) is 11.6 Å². The van der Waals surface area contributed by atoms with E-state index in [9.17, 15) is 9.59 Å². The summed E-state index contributed by atoms with van der Waals surface area (Å²) in [5.41, 5.74) is 1.53. The molecule has 0 saturated heterocycles. The number of rotatable bonds is 6. The van der Waals surface area contributed by atoms with Crippen molar-refractivity contribution in [2.75, 3.05) is 16.4 Å². The molecule has 3 rings (SSSR count). The van der Waals surface area contributed by atoms with E-state index in [0.29, 0.717) is 21.6 Å². The summed E-state index contributed by atoms with van der Waals surface area (Å²) >= 11 is 7.31. The molecule has 2 aromatic rings. The van der Waals surface area contributed by atoms with Crippen molar-refractivity contribution in [2.24, 2.45) is 5.92 Å². The zero-order valence-corrected chi connectivity index (χ0v) is 15.2. The Balaban J connectivity index is 1.50. The van der Waals surface area contributed by atoms with Crippen molar-refractivity contribution >= 4 is 46.7 Å². The van der Waals surface area contributed by atoms with Crippen molar-refractivity contribution in [2.45, 2.75) is 24.8 Å². The van der Waals surface area contributed by atoms with Crippen molar-refractivity contribution < 1.29 is 9.59 Å². The maximum atomic E-state index is 12.1. The molecule has 1 aromatic heterocycles. The second kappa shape index (κ2) is 7.84. The minimum atomic E-state index is -0.150. The fourth-order valence-electron chi connectivity index (χ4n) is 2.11. The molecule has 0 spiro atoms. The van der Waals surface area contributed by atoms with Crippen LogP contribution in [0.3, 0.4) is 0 Å². The van der Waals surface area contributed by atoms with E-state index in [-0.39, 0.29) is 23.5 Å². The fourth-order valence-corrected chi connectivity index (χ4v) is 2.89. The first-order valence-electron chi connectivity index (χ1n) is 7.85. The van der Waals surface area contributed by atoms with Gasteiger partial charge in [-0.15, -0.1) is 10.2 Å². The Bertz CT molecular complexity index is 794. The molecule has 1 aliphatic rings. The molecule has 1 fully saturated rings. The first kappa shape index (κ1) is 17.7. The van der Waals surface area contributed by atoms with Crippen LogP contribution in [0.25, 0.3) is 0 Å². The van der Waals surface area contributed by atoms with Gasteiger partial charge in [-0.1, -0.05) is 29.4 Å².